The van der Waals surface area contributed by atoms with E-state index >= 15 is 0 Å². The first kappa shape index (κ1) is 10.7. The molecule has 16 heavy (non-hydrogen) atoms. The second-order valence-corrected chi connectivity index (χ2v) is 5.09. The Bertz CT molecular complexity index is 604. The predicted octanol–water partition coefficient (Wildman–Crippen LogP) is 0.892. The maximum absolute atomic E-state index is 12.7. The first-order chi connectivity index (χ1) is 7.47. The fourth-order valence-electron chi connectivity index (χ4n) is 1.16. The van der Waals surface area contributed by atoms with E-state index in [0.717, 1.165) is 10.3 Å². The molecule has 0 saturated heterocycles. The van der Waals surface area contributed by atoms with Crippen LogP contribution in [0.2, 0.25) is 0 Å². The lowest BCUT2D eigenvalue weighted by Crippen LogP contribution is -2.10. The Morgan fingerprint density at radius 3 is 2.38 bits per heavy atom. The van der Waals surface area contributed by atoms with E-state index < -0.39 is 10.0 Å². The highest BCUT2D eigenvalue weighted by Crippen LogP contribution is 2.16. The van der Waals surface area contributed by atoms with E-state index in [9.17, 15) is 12.8 Å². The molecule has 0 fully saturated rings. The molecule has 0 aliphatic rings. The van der Waals surface area contributed by atoms with Gasteiger partial charge in [0.2, 0.25) is 0 Å². The molecule has 7 heteroatoms. The standard InChI is InChI=1S/C9H8FN3O2S/c1-16(14,15)13-6-9(11-12-13)7-2-4-8(10)5-3-7/h2-6H,1H3. The molecule has 2 rings (SSSR count). The van der Waals surface area contributed by atoms with Crippen molar-refractivity contribution in [3.05, 3.63) is 36.3 Å². The Balaban J connectivity index is 2.43. The second-order valence-electron chi connectivity index (χ2n) is 3.25. The van der Waals surface area contributed by atoms with Crippen LogP contribution < -0.4 is 0 Å². The number of benzene rings is 1. The zero-order valence-electron chi connectivity index (χ0n) is 8.33. The third-order valence-corrected chi connectivity index (χ3v) is 2.81. The summed E-state index contributed by atoms with van der Waals surface area (Å²) in [5, 5.41) is 7.17. The normalized spacial score (nSPS) is 11.6. The van der Waals surface area contributed by atoms with Gasteiger partial charge in [-0.15, -0.1) is 9.19 Å². The molecule has 1 aromatic carbocycles. The third-order valence-electron chi connectivity index (χ3n) is 1.95. The van der Waals surface area contributed by atoms with Crippen LogP contribution in [0.15, 0.2) is 30.5 Å². The molecule has 1 aromatic heterocycles. The number of hydrogen-bond acceptors (Lipinski definition) is 4. The van der Waals surface area contributed by atoms with Crippen molar-refractivity contribution in [3.8, 4) is 11.3 Å². The number of aromatic nitrogens is 3. The van der Waals surface area contributed by atoms with Crippen molar-refractivity contribution in [2.45, 2.75) is 0 Å². The maximum Gasteiger partial charge on any atom is 0.252 e. The fraction of sp³-hybridized carbons (Fsp3) is 0.111. The highest BCUT2D eigenvalue weighted by Gasteiger charge is 2.10. The molecule has 0 aliphatic heterocycles. The minimum atomic E-state index is -3.43. The van der Waals surface area contributed by atoms with Crippen LogP contribution >= 0.6 is 0 Å². The van der Waals surface area contributed by atoms with Crippen molar-refractivity contribution in [2.75, 3.05) is 6.26 Å². The van der Waals surface area contributed by atoms with Gasteiger partial charge >= 0.3 is 0 Å². The van der Waals surface area contributed by atoms with Gasteiger partial charge in [-0.1, -0.05) is 5.21 Å². The maximum atomic E-state index is 12.7. The van der Waals surface area contributed by atoms with E-state index in [-0.39, 0.29) is 5.82 Å². The van der Waals surface area contributed by atoms with Crippen molar-refractivity contribution in [1.29, 1.82) is 0 Å². The summed E-state index contributed by atoms with van der Waals surface area (Å²) in [6, 6.07) is 5.56. The van der Waals surface area contributed by atoms with E-state index in [4.69, 9.17) is 0 Å². The Hall–Kier alpha value is -1.76. The number of hydrogen-bond donors (Lipinski definition) is 0. The highest BCUT2D eigenvalue weighted by atomic mass is 32.2. The number of nitrogens with zero attached hydrogens (tertiary/aromatic N) is 3. The lowest BCUT2D eigenvalue weighted by molar-refractivity contribution is 0.583. The molecule has 0 radical (unpaired) electrons. The lowest BCUT2D eigenvalue weighted by atomic mass is 10.2. The summed E-state index contributed by atoms with van der Waals surface area (Å²) in [6.07, 6.45) is 2.30. The lowest BCUT2D eigenvalue weighted by Gasteiger charge is -1.94. The Kier molecular flexibility index (Phi) is 2.47. The number of halogens is 1. The first-order valence-corrected chi connectivity index (χ1v) is 6.20. The van der Waals surface area contributed by atoms with Gasteiger partial charge < -0.3 is 0 Å². The summed E-state index contributed by atoms with van der Waals surface area (Å²) in [4.78, 5) is 0. The van der Waals surface area contributed by atoms with E-state index in [1.165, 1.54) is 30.5 Å². The molecular formula is C9H8FN3O2S. The van der Waals surface area contributed by atoms with Crippen LogP contribution in [0.4, 0.5) is 4.39 Å². The van der Waals surface area contributed by atoms with Gasteiger partial charge in [-0.2, -0.15) is 0 Å². The zero-order valence-corrected chi connectivity index (χ0v) is 9.15. The molecule has 2 aromatic rings. The molecule has 0 amide bonds. The van der Waals surface area contributed by atoms with Crippen LogP contribution in [0.3, 0.4) is 0 Å². The average Bonchev–Trinajstić information content (AvgIpc) is 2.67. The van der Waals surface area contributed by atoms with Crippen LogP contribution in [0.25, 0.3) is 11.3 Å². The van der Waals surface area contributed by atoms with Crippen molar-refractivity contribution in [2.24, 2.45) is 0 Å². The molecule has 1 heterocycles. The topological polar surface area (TPSA) is 64.8 Å². The zero-order chi connectivity index (χ0) is 11.8. The largest absolute Gasteiger partial charge is 0.252 e. The van der Waals surface area contributed by atoms with Gasteiger partial charge in [0.15, 0.2) is 0 Å². The fourth-order valence-corrected chi connectivity index (χ4v) is 1.62. The van der Waals surface area contributed by atoms with E-state index in [1.807, 2.05) is 0 Å². The van der Waals surface area contributed by atoms with Crippen LogP contribution in [-0.2, 0) is 10.0 Å². The number of rotatable bonds is 2. The Morgan fingerprint density at radius 1 is 1.25 bits per heavy atom. The van der Waals surface area contributed by atoms with Crippen molar-refractivity contribution >= 4 is 10.0 Å². The van der Waals surface area contributed by atoms with E-state index in [2.05, 4.69) is 10.3 Å². The SMILES string of the molecule is CS(=O)(=O)n1cc(-c2ccc(F)cc2)nn1. The van der Waals surface area contributed by atoms with Crippen LogP contribution in [0, 0.1) is 5.82 Å². The molecule has 0 saturated carbocycles. The van der Waals surface area contributed by atoms with Gasteiger partial charge in [-0.05, 0) is 24.3 Å². The molecule has 0 atom stereocenters. The quantitative estimate of drug-likeness (QED) is 0.783. The molecular weight excluding hydrogens is 233 g/mol. The van der Waals surface area contributed by atoms with Gasteiger partial charge in [-0.3, -0.25) is 0 Å². The molecule has 84 valence electrons. The monoisotopic (exact) mass is 241 g/mol. The van der Waals surface area contributed by atoms with E-state index in [0.29, 0.717) is 11.3 Å². The smallest absolute Gasteiger partial charge is 0.207 e. The van der Waals surface area contributed by atoms with E-state index in [1.54, 1.807) is 0 Å². The summed E-state index contributed by atoms with van der Waals surface area (Å²) >= 11 is 0. The highest BCUT2D eigenvalue weighted by molar-refractivity contribution is 7.89. The minimum Gasteiger partial charge on any atom is -0.207 e. The van der Waals surface area contributed by atoms with Crippen LogP contribution in [0.5, 0.6) is 0 Å². The van der Waals surface area contributed by atoms with Gasteiger partial charge in [0.1, 0.15) is 11.5 Å². The van der Waals surface area contributed by atoms with Gasteiger partial charge in [-0.25, -0.2) is 12.8 Å². The van der Waals surface area contributed by atoms with Gasteiger partial charge in [0.25, 0.3) is 10.0 Å². The molecule has 0 aliphatic carbocycles. The van der Waals surface area contributed by atoms with Gasteiger partial charge in [0.05, 0.1) is 12.5 Å². The second kappa shape index (κ2) is 3.67. The van der Waals surface area contributed by atoms with Gasteiger partial charge in [0, 0.05) is 5.56 Å². The average molecular weight is 241 g/mol. The summed E-state index contributed by atoms with van der Waals surface area (Å²) in [5.41, 5.74) is 0.988. The summed E-state index contributed by atoms with van der Waals surface area (Å²) < 4.78 is 35.7. The molecule has 0 spiro atoms. The van der Waals surface area contributed by atoms with Crippen molar-refractivity contribution < 1.29 is 12.8 Å². The Labute approximate surface area is 91.6 Å². The molecule has 0 bridgehead atoms. The molecule has 0 unspecified atom stereocenters. The van der Waals surface area contributed by atoms with Crippen molar-refractivity contribution in [1.82, 2.24) is 14.4 Å². The third kappa shape index (κ3) is 2.08. The molecule has 5 nitrogen and oxygen atoms in total. The van der Waals surface area contributed by atoms with Crippen LogP contribution in [0.1, 0.15) is 0 Å². The summed E-state index contributed by atoms with van der Waals surface area (Å²) in [6.45, 7) is 0. The minimum absolute atomic E-state index is 0.362. The predicted molar refractivity (Wildman–Crippen MR) is 55.7 cm³/mol. The Morgan fingerprint density at radius 2 is 1.88 bits per heavy atom. The summed E-state index contributed by atoms with van der Waals surface area (Å²) in [5.74, 6) is -0.362. The van der Waals surface area contributed by atoms with Crippen LogP contribution in [-0.4, -0.2) is 29.1 Å². The summed E-state index contributed by atoms with van der Waals surface area (Å²) in [7, 11) is -3.43. The van der Waals surface area contributed by atoms with Crippen molar-refractivity contribution in [3.63, 3.8) is 0 Å². The first-order valence-electron chi connectivity index (χ1n) is 4.35. The molecule has 0 N–H and O–H groups in total.